The molecule has 0 aliphatic heterocycles. The Hall–Kier alpha value is -0.180. The highest BCUT2D eigenvalue weighted by atomic mass is 35.5. The predicted octanol–water partition coefficient (Wildman–Crippen LogP) is 4.34. The van der Waals surface area contributed by atoms with Crippen LogP contribution in [0.25, 0.3) is 0 Å². The molecule has 1 N–H and O–H groups in total. The van der Waals surface area contributed by atoms with Crippen molar-refractivity contribution in [2.45, 2.75) is 50.4 Å². The largest absolute Gasteiger partial charge is 0.310 e. The van der Waals surface area contributed by atoms with Crippen molar-refractivity contribution >= 4 is 23.4 Å². The number of hydrogen-bond donors (Lipinski definition) is 1. The van der Waals surface area contributed by atoms with Crippen LogP contribution in [-0.2, 0) is 6.54 Å². The molecule has 0 aromatic heterocycles. The fourth-order valence-electron chi connectivity index (χ4n) is 1.38. The van der Waals surface area contributed by atoms with Gasteiger partial charge < -0.3 is 5.32 Å². The molecule has 16 heavy (non-hydrogen) atoms. The SMILES string of the molecule is CC(C)NCc1c(Cl)cccc1SC(C)C. The summed E-state index contributed by atoms with van der Waals surface area (Å²) in [5, 5.41) is 4.86. The van der Waals surface area contributed by atoms with Crippen molar-refractivity contribution in [1.82, 2.24) is 5.32 Å². The zero-order valence-electron chi connectivity index (χ0n) is 10.4. The lowest BCUT2D eigenvalue weighted by Gasteiger charge is -2.15. The first-order valence-electron chi connectivity index (χ1n) is 5.68. The molecule has 0 heterocycles. The number of rotatable bonds is 5. The van der Waals surface area contributed by atoms with Crippen molar-refractivity contribution < 1.29 is 0 Å². The Kier molecular flexibility index (Phi) is 5.67. The summed E-state index contributed by atoms with van der Waals surface area (Å²) in [6, 6.07) is 6.61. The minimum Gasteiger partial charge on any atom is -0.310 e. The average molecular weight is 258 g/mol. The lowest BCUT2D eigenvalue weighted by Crippen LogP contribution is -2.22. The lowest BCUT2D eigenvalue weighted by atomic mass is 10.2. The summed E-state index contributed by atoms with van der Waals surface area (Å²) in [5.41, 5.74) is 1.22. The number of hydrogen-bond acceptors (Lipinski definition) is 2. The maximum Gasteiger partial charge on any atom is 0.0462 e. The Morgan fingerprint density at radius 2 is 1.94 bits per heavy atom. The molecule has 90 valence electrons. The van der Waals surface area contributed by atoms with Crippen LogP contribution in [-0.4, -0.2) is 11.3 Å². The molecule has 0 spiro atoms. The maximum atomic E-state index is 6.24. The highest BCUT2D eigenvalue weighted by molar-refractivity contribution is 8.00. The Morgan fingerprint density at radius 3 is 2.50 bits per heavy atom. The molecule has 0 saturated carbocycles. The zero-order chi connectivity index (χ0) is 12.1. The van der Waals surface area contributed by atoms with Crippen molar-refractivity contribution in [3.05, 3.63) is 28.8 Å². The molecule has 0 fully saturated rings. The molecule has 1 rings (SSSR count). The van der Waals surface area contributed by atoms with Crippen LogP contribution in [0, 0.1) is 0 Å². The molecule has 0 aliphatic rings. The van der Waals surface area contributed by atoms with Gasteiger partial charge in [-0.25, -0.2) is 0 Å². The van der Waals surface area contributed by atoms with Crippen LogP contribution >= 0.6 is 23.4 Å². The third kappa shape index (κ3) is 4.36. The highest BCUT2D eigenvalue weighted by Gasteiger charge is 2.09. The summed E-state index contributed by atoms with van der Waals surface area (Å²) in [4.78, 5) is 1.29. The first-order chi connectivity index (χ1) is 7.50. The maximum absolute atomic E-state index is 6.24. The van der Waals surface area contributed by atoms with Gasteiger partial charge in [-0.15, -0.1) is 11.8 Å². The molecule has 1 nitrogen and oxygen atoms in total. The second-order valence-corrected chi connectivity index (χ2v) is 6.44. The van der Waals surface area contributed by atoms with E-state index in [0.717, 1.165) is 11.6 Å². The number of nitrogens with one attached hydrogen (secondary N) is 1. The second-order valence-electron chi connectivity index (χ2n) is 4.42. The molecular formula is C13H20ClNS. The van der Waals surface area contributed by atoms with Crippen LogP contribution in [0.15, 0.2) is 23.1 Å². The lowest BCUT2D eigenvalue weighted by molar-refractivity contribution is 0.585. The first kappa shape index (κ1) is 13.9. The van der Waals surface area contributed by atoms with E-state index in [4.69, 9.17) is 11.6 Å². The van der Waals surface area contributed by atoms with Gasteiger partial charge in [0.25, 0.3) is 0 Å². The van der Waals surface area contributed by atoms with Crippen LogP contribution in [0.2, 0.25) is 5.02 Å². The minimum atomic E-state index is 0.480. The van der Waals surface area contributed by atoms with Crippen molar-refractivity contribution in [3.8, 4) is 0 Å². The van der Waals surface area contributed by atoms with E-state index in [1.165, 1.54) is 10.5 Å². The van der Waals surface area contributed by atoms with E-state index < -0.39 is 0 Å². The third-order valence-corrected chi connectivity index (χ3v) is 3.59. The molecule has 0 aliphatic carbocycles. The summed E-state index contributed by atoms with van der Waals surface area (Å²) in [6.07, 6.45) is 0. The van der Waals surface area contributed by atoms with Crippen LogP contribution in [0.1, 0.15) is 33.3 Å². The fraction of sp³-hybridized carbons (Fsp3) is 0.538. The van der Waals surface area contributed by atoms with Crippen LogP contribution in [0.4, 0.5) is 0 Å². The minimum absolute atomic E-state index is 0.480. The normalized spacial score (nSPS) is 11.4. The molecule has 1 aromatic carbocycles. The summed E-state index contributed by atoms with van der Waals surface area (Å²) in [5.74, 6) is 0. The molecule has 1 aromatic rings. The van der Waals surface area contributed by atoms with Crippen LogP contribution in [0.3, 0.4) is 0 Å². The Labute approximate surface area is 108 Å². The van der Waals surface area contributed by atoms with E-state index in [2.05, 4.69) is 39.1 Å². The molecule has 0 saturated heterocycles. The van der Waals surface area contributed by atoms with E-state index in [1.54, 1.807) is 0 Å². The van der Waals surface area contributed by atoms with Crippen molar-refractivity contribution in [3.63, 3.8) is 0 Å². The van der Waals surface area contributed by atoms with E-state index in [1.807, 2.05) is 23.9 Å². The third-order valence-electron chi connectivity index (χ3n) is 2.13. The Morgan fingerprint density at radius 1 is 1.25 bits per heavy atom. The van der Waals surface area contributed by atoms with Gasteiger partial charge in [0.2, 0.25) is 0 Å². The first-order valence-corrected chi connectivity index (χ1v) is 6.94. The van der Waals surface area contributed by atoms with Gasteiger partial charge in [0.1, 0.15) is 0 Å². The topological polar surface area (TPSA) is 12.0 Å². The quantitative estimate of drug-likeness (QED) is 0.788. The van der Waals surface area contributed by atoms with Gasteiger partial charge in [-0.3, -0.25) is 0 Å². The van der Waals surface area contributed by atoms with E-state index in [0.29, 0.717) is 11.3 Å². The van der Waals surface area contributed by atoms with Gasteiger partial charge in [-0.2, -0.15) is 0 Å². The standard InChI is InChI=1S/C13H20ClNS/c1-9(2)15-8-11-12(14)6-5-7-13(11)16-10(3)4/h5-7,9-10,15H,8H2,1-4H3. The number of halogens is 1. The van der Waals surface area contributed by atoms with Crippen molar-refractivity contribution in [1.29, 1.82) is 0 Å². The molecular weight excluding hydrogens is 238 g/mol. The van der Waals surface area contributed by atoms with Gasteiger partial charge in [0, 0.05) is 27.8 Å². The smallest absolute Gasteiger partial charge is 0.0462 e. The monoisotopic (exact) mass is 257 g/mol. The molecule has 0 amide bonds. The summed E-state index contributed by atoms with van der Waals surface area (Å²) < 4.78 is 0. The number of thioether (sulfide) groups is 1. The highest BCUT2D eigenvalue weighted by Crippen LogP contribution is 2.31. The summed E-state index contributed by atoms with van der Waals surface area (Å²) in [6.45, 7) is 9.53. The van der Waals surface area contributed by atoms with Crippen LogP contribution < -0.4 is 5.32 Å². The summed E-state index contributed by atoms with van der Waals surface area (Å²) >= 11 is 8.11. The molecule has 0 unspecified atom stereocenters. The molecule has 0 atom stereocenters. The van der Waals surface area contributed by atoms with E-state index in [9.17, 15) is 0 Å². The van der Waals surface area contributed by atoms with Gasteiger partial charge in [-0.05, 0) is 17.7 Å². The molecule has 3 heteroatoms. The van der Waals surface area contributed by atoms with Crippen molar-refractivity contribution in [2.24, 2.45) is 0 Å². The molecule has 0 bridgehead atoms. The fourth-order valence-corrected chi connectivity index (χ4v) is 2.67. The van der Waals surface area contributed by atoms with Gasteiger partial charge in [0.05, 0.1) is 0 Å². The number of benzene rings is 1. The summed E-state index contributed by atoms with van der Waals surface area (Å²) in [7, 11) is 0. The van der Waals surface area contributed by atoms with Crippen LogP contribution in [0.5, 0.6) is 0 Å². The average Bonchev–Trinajstić information content (AvgIpc) is 2.15. The van der Waals surface area contributed by atoms with Crippen molar-refractivity contribution in [2.75, 3.05) is 0 Å². The Bertz CT molecular complexity index is 337. The zero-order valence-corrected chi connectivity index (χ0v) is 12.0. The molecule has 0 radical (unpaired) electrons. The van der Waals surface area contributed by atoms with Gasteiger partial charge in [0.15, 0.2) is 0 Å². The van der Waals surface area contributed by atoms with Gasteiger partial charge >= 0.3 is 0 Å². The van der Waals surface area contributed by atoms with E-state index >= 15 is 0 Å². The predicted molar refractivity (Wildman–Crippen MR) is 74.4 cm³/mol. The Balaban J connectivity index is 2.85. The van der Waals surface area contributed by atoms with Gasteiger partial charge in [-0.1, -0.05) is 45.4 Å². The van der Waals surface area contributed by atoms with E-state index in [-0.39, 0.29) is 0 Å². The second kappa shape index (κ2) is 6.53.